The van der Waals surface area contributed by atoms with E-state index in [0.29, 0.717) is 12.8 Å². The van der Waals surface area contributed by atoms with E-state index in [-0.39, 0.29) is 17.8 Å². The van der Waals surface area contributed by atoms with Crippen LogP contribution in [0.1, 0.15) is 33.6 Å². The van der Waals surface area contributed by atoms with Crippen LogP contribution in [-0.4, -0.2) is 23.5 Å². The fourth-order valence-corrected chi connectivity index (χ4v) is 0.892. The average Bonchev–Trinajstić information content (AvgIpc) is 1.97. The van der Waals surface area contributed by atoms with Crippen molar-refractivity contribution < 1.29 is 9.90 Å². The van der Waals surface area contributed by atoms with Crippen LogP contribution in [0.3, 0.4) is 0 Å². The second-order valence-electron chi connectivity index (χ2n) is 4.14. The van der Waals surface area contributed by atoms with Crippen LogP contribution in [0.4, 0.5) is 0 Å². The van der Waals surface area contributed by atoms with Gasteiger partial charge < -0.3 is 10.8 Å². The number of aliphatic hydroxyl groups is 1. The van der Waals surface area contributed by atoms with Gasteiger partial charge in [-0.2, -0.15) is 0 Å². The Morgan fingerprint density at radius 1 is 1.50 bits per heavy atom. The summed E-state index contributed by atoms with van der Waals surface area (Å²) in [6.07, 6.45) is 0.900. The highest BCUT2D eigenvalue weighted by Crippen LogP contribution is 2.19. The Kier molecular flexibility index (Phi) is 4.42. The smallest absolute Gasteiger partial charge is 0.150 e. The van der Waals surface area contributed by atoms with Crippen LogP contribution in [0, 0.1) is 5.41 Å². The van der Waals surface area contributed by atoms with Gasteiger partial charge >= 0.3 is 0 Å². The van der Waals surface area contributed by atoms with Gasteiger partial charge in [-0.25, -0.2) is 0 Å². The molecule has 0 saturated heterocycles. The van der Waals surface area contributed by atoms with E-state index >= 15 is 0 Å². The van der Waals surface area contributed by atoms with E-state index in [1.807, 2.05) is 20.8 Å². The Bertz CT molecular complexity index is 149. The van der Waals surface area contributed by atoms with Crippen LogP contribution >= 0.6 is 0 Å². The summed E-state index contributed by atoms with van der Waals surface area (Å²) in [7, 11) is 0. The number of ketones is 1. The van der Waals surface area contributed by atoms with E-state index in [2.05, 4.69) is 0 Å². The van der Waals surface area contributed by atoms with Gasteiger partial charge in [0.05, 0.1) is 6.04 Å². The van der Waals surface area contributed by atoms with Crippen molar-refractivity contribution in [2.24, 2.45) is 11.1 Å². The van der Waals surface area contributed by atoms with Crippen LogP contribution in [0.2, 0.25) is 0 Å². The summed E-state index contributed by atoms with van der Waals surface area (Å²) < 4.78 is 0. The molecule has 3 N–H and O–H groups in total. The molecule has 0 saturated carbocycles. The Labute approximate surface area is 74.0 Å². The Balaban J connectivity index is 3.94. The van der Waals surface area contributed by atoms with Gasteiger partial charge in [-0.15, -0.1) is 0 Å². The number of aliphatic hydroxyl groups excluding tert-OH is 1. The summed E-state index contributed by atoms with van der Waals surface area (Å²) in [4.78, 5) is 11.3. The first-order chi connectivity index (χ1) is 5.39. The fourth-order valence-electron chi connectivity index (χ4n) is 0.892. The maximum atomic E-state index is 11.3. The van der Waals surface area contributed by atoms with E-state index < -0.39 is 6.04 Å². The minimum absolute atomic E-state index is 0.0385. The molecule has 0 amide bonds. The van der Waals surface area contributed by atoms with Gasteiger partial charge in [0.1, 0.15) is 5.78 Å². The van der Waals surface area contributed by atoms with E-state index in [4.69, 9.17) is 10.8 Å². The SMILES string of the molecule is CC(C)(C)[C@H](N)C(=O)CCCO. The average molecular weight is 173 g/mol. The van der Waals surface area contributed by atoms with Crippen LogP contribution < -0.4 is 5.73 Å². The Morgan fingerprint density at radius 2 is 2.00 bits per heavy atom. The minimum atomic E-state index is -0.413. The van der Waals surface area contributed by atoms with E-state index in [1.165, 1.54) is 0 Å². The molecule has 0 aliphatic rings. The topological polar surface area (TPSA) is 63.3 Å². The van der Waals surface area contributed by atoms with Gasteiger partial charge in [0.25, 0.3) is 0 Å². The molecule has 0 unspecified atom stereocenters. The van der Waals surface area contributed by atoms with Gasteiger partial charge in [-0.3, -0.25) is 4.79 Å². The summed E-state index contributed by atoms with van der Waals surface area (Å²) in [6.45, 7) is 5.88. The lowest BCUT2D eigenvalue weighted by Crippen LogP contribution is -2.42. The zero-order valence-electron chi connectivity index (χ0n) is 8.13. The molecule has 0 rings (SSSR count). The summed E-state index contributed by atoms with van der Waals surface area (Å²) in [5.41, 5.74) is 5.53. The van der Waals surface area contributed by atoms with Crippen molar-refractivity contribution in [3.05, 3.63) is 0 Å². The van der Waals surface area contributed by atoms with Crippen molar-refractivity contribution in [3.63, 3.8) is 0 Å². The number of nitrogens with two attached hydrogens (primary N) is 1. The highest BCUT2D eigenvalue weighted by atomic mass is 16.3. The maximum Gasteiger partial charge on any atom is 0.150 e. The molecule has 12 heavy (non-hydrogen) atoms. The molecule has 72 valence electrons. The van der Waals surface area contributed by atoms with Crippen LogP contribution in [0.5, 0.6) is 0 Å². The molecular formula is C9H19NO2. The number of hydrogen-bond acceptors (Lipinski definition) is 3. The second-order valence-corrected chi connectivity index (χ2v) is 4.14. The summed E-state index contributed by atoms with van der Waals surface area (Å²) >= 11 is 0. The van der Waals surface area contributed by atoms with Crippen molar-refractivity contribution >= 4 is 5.78 Å². The van der Waals surface area contributed by atoms with E-state index in [0.717, 1.165) is 0 Å². The maximum absolute atomic E-state index is 11.3. The fraction of sp³-hybridized carbons (Fsp3) is 0.889. The first kappa shape index (κ1) is 11.6. The second kappa shape index (κ2) is 4.58. The zero-order valence-corrected chi connectivity index (χ0v) is 8.13. The zero-order chi connectivity index (χ0) is 9.78. The number of rotatable bonds is 4. The molecule has 3 nitrogen and oxygen atoms in total. The molecule has 3 heteroatoms. The van der Waals surface area contributed by atoms with Crippen LogP contribution in [0.15, 0.2) is 0 Å². The largest absolute Gasteiger partial charge is 0.396 e. The molecule has 0 bridgehead atoms. The first-order valence-corrected chi connectivity index (χ1v) is 4.28. The minimum Gasteiger partial charge on any atom is -0.396 e. The summed E-state index contributed by atoms with van der Waals surface area (Å²) in [5.74, 6) is 0.0385. The molecule has 1 atom stereocenters. The third-order valence-corrected chi connectivity index (χ3v) is 1.86. The molecule has 0 heterocycles. The van der Waals surface area contributed by atoms with Gasteiger partial charge in [0, 0.05) is 13.0 Å². The molecule has 0 fully saturated rings. The van der Waals surface area contributed by atoms with Gasteiger partial charge in [-0.1, -0.05) is 20.8 Å². The van der Waals surface area contributed by atoms with E-state index in [9.17, 15) is 4.79 Å². The molecule has 0 aromatic heterocycles. The Hall–Kier alpha value is -0.410. The predicted octanol–water partition coefficient (Wildman–Crippen LogP) is 0.701. The van der Waals surface area contributed by atoms with Crippen molar-refractivity contribution in [3.8, 4) is 0 Å². The van der Waals surface area contributed by atoms with Gasteiger partial charge in [0.15, 0.2) is 0 Å². The highest BCUT2D eigenvalue weighted by molar-refractivity contribution is 5.84. The molecule has 0 radical (unpaired) electrons. The van der Waals surface area contributed by atoms with Crippen molar-refractivity contribution in [2.75, 3.05) is 6.61 Å². The molecular weight excluding hydrogens is 154 g/mol. The van der Waals surface area contributed by atoms with Crippen LogP contribution in [0.25, 0.3) is 0 Å². The van der Waals surface area contributed by atoms with Crippen molar-refractivity contribution in [1.82, 2.24) is 0 Å². The first-order valence-electron chi connectivity index (χ1n) is 4.28. The lowest BCUT2D eigenvalue weighted by molar-refractivity contribution is -0.122. The molecule has 0 aromatic carbocycles. The molecule has 0 aliphatic heterocycles. The number of hydrogen-bond donors (Lipinski definition) is 2. The normalized spacial score (nSPS) is 14.4. The molecule has 0 aromatic rings. The molecule has 0 spiro atoms. The van der Waals surface area contributed by atoms with Crippen molar-refractivity contribution in [1.29, 1.82) is 0 Å². The Morgan fingerprint density at radius 3 is 2.33 bits per heavy atom. The summed E-state index contributed by atoms with van der Waals surface area (Å²) in [5, 5.41) is 8.51. The number of carbonyl (C=O) groups is 1. The number of carbonyl (C=O) groups excluding carboxylic acids is 1. The van der Waals surface area contributed by atoms with E-state index in [1.54, 1.807) is 0 Å². The predicted molar refractivity (Wildman–Crippen MR) is 48.8 cm³/mol. The standard InChI is InChI=1S/C9H19NO2/c1-9(2,3)8(10)7(12)5-4-6-11/h8,11H,4-6,10H2,1-3H3/t8-/m1/s1. The monoisotopic (exact) mass is 173 g/mol. The third-order valence-electron chi connectivity index (χ3n) is 1.86. The highest BCUT2D eigenvalue weighted by Gasteiger charge is 2.26. The van der Waals surface area contributed by atoms with Gasteiger partial charge in [-0.05, 0) is 11.8 Å². The number of Topliss-reactive ketones (excluding diaryl/α,β-unsaturated/α-hetero) is 1. The quantitative estimate of drug-likeness (QED) is 0.658. The van der Waals surface area contributed by atoms with Crippen LogP contribution in [-0.2, 0) is 4.79 Å². The third kappa shape index (κ3) is 3.83. The summed E-state index contributed by atoms with van der Waals surface area (Å²) in [6, 6.07) is -0.413. The lowest BCUT2D eigenvalue weighted by Gasteiger charge is -2.25. The lowest BCUT2D eigenvalue weighted by atomic mass is 9.84. The molecule has 0 aliphatic carbocycles. The van der Waals surface area contributed by atoms with Gasteiger partial charge in [0.2, 0.25) is 0 Å². The van der Waals surface area contributed by atoms with Crippen molar-refractivity contribution in [2.45, 2.75) is 39.7 Å².